The summed E-state index contributed by atoms with van der Waals surface area (Å²) in [4.78, 5) is 2.12. The van der Waals surface area contributed by atoms with Crippen molar-refractivity contribution in [1.82, 2.24) is 0 Å². The van der Waals surface area contributed by atoms with Crippen molar-refractivity contribution in [3.63, 3.8) is 0 Å². The van der Waals surface area contributed by atoms with Crippen LogP contribution in [0.5, 0.6) is 0 Å². The number of halogens is 1. The average Bonchev–Trinajstić information content (AvgIpc) is 2.15. The van der Waals surface area contributed by atoms with Gasteiger partial charge >= 0.3 is 0 Å². The van der Waals surface area contributed by atoms with Gasteiger partial charge in [0.2, 0.25) is 0 Å². The highest BCUT2D eigenvalue weighted by Gasteiger charge is 1.95. The highest BCUT2D eigenvalue weighted by atomic mass is 79.9. The maximum Gasteiger partial charge on any atom is 0.0361 e. The van der Waals surface area contributed by atoms with Crippen LogP contribution in [0.15, 0.2) is 24.3 Å². The molecule has 0 radical (unpaired) electrons. The van der Waals surface area contributed by atoms with E-state index in [9.17, 15) is 0 Å². The molecule has 0 atom stereocenters. The largest absolute Gasteiger partial charge is 0.378 e. The Morgan fingerprint density at radius 1 is 1.15 bits per heavy atom. The van der Waals surface area contributed by atoms with Gasteiger partial charge in [-0.25, -0.2) is 0 Å². The summed E-state index contributed by atoms with van der Waals surface area (Å²) < 4.78 is 0. The predicted octanol–water partition coefficient (Wildman–Crippen LogP) is 3.08. The number of benzene rings is 1. The van der Waals surface area contributed by atoms with E-state index >= 15 is 0 Å². The van der Waals surface area contributed by atoms with Crippen molar-refractivity contribution in [3.8, 4) is 0 Å². The third kappa shape index (κ3) is 3.39. The summed E-state index contributed by atoms with van der Waals surface area (Å²) in [5.74, 6) is 0. The summed E-state index contributed by atoms with van der Waals surface area (Å²) in [5, 5.41) is 1.09. The number of alkyl halides is 1. The first-order valence-electron chi connectivity index (χ1n) is 4.56. The molecule has 0 saturated carbocycles. The van der Waals surface area contributed by atoms with Crippen LogP contribution in [0.3, 0.4) is 0 Å². The molecule has 0 unspecified atom stereocenters. The topological polar surface area (TPSA) is 3.24 Å². The molecule has 0 spiro atoms. The number of rotatable bonds is 4. The zero-order valence-electron chi connectivity index (χ0n) is 8.26. The molecule has 13 heavy (non-hydrogen) atoms. The fourth-order valence-corrected chi connectivity index (χ4v) is 1.51. The summed E-state index contributed by atoms with van der Waals surface area (Å²) >= 11 is 3.44. The lowest BCUT2D eigenvalue weighted by molar-refractivity contribution is 0.938. The Labute approximate surface area is 88.9 Å². The van der Waals surface area contributed by atoms with Gasteiger partial charge in [-0.2, -0.15) is 0 Å². The standard InChI is InChI=1S/C11H16BrN/c1-13(2)11-7-5-10(6-8-11)4-3-9-12/h5-8H,3-4,9H2,1-2H3. The smallest absolute Gasteiger partial charge is 0.0361 e. The molecule has 0 N–H and O–H groups in total. The molecule has 1 aromatic rings. The number of hydrogen-bond donors (Lipinski definition) is 0. The molecular formula is C11H16BrN. The lowest BCUT2D eigenvalue weighted by Gasteiger charge is -2.12. The SMILES string of the molecule is CN(C)c1ccc(CCCBr)cc1. The Kier molecular flexibility index (Phi) is 4.29. The van der Waals surface area contributed by atoms with E-state index < -0.39 is 0 Å². The Morgan fingerprint density at radius 2 is 1.77 bits per heavy atom. The molecule has 0 aromatic heterocycles. The molecule has 0 fully saturated rings. The zero-order valence-corrected chi connectivity index (χ0v) is 9.84. The second-order valence-electron chi connectivity index (χ2n) is 3.35. The first-order chi connectivity index (χ1) is 6.24. The van der Waals surface area contributed by atoms with Crippen LogP contribution in [0.2, 0.25) is 0 Å². The van der Waals surface area contributed by atoms with E-state index in [4.69, 9.17) is 0 Å². The van der Waals surface area contributed by atoms with E-state index in [0.29, 0.717) is 0 Å². The van der Waals surface area contributed by atoms with Gasteiger partial charge in [0.15, 0.2) is 0 Å². The van der Waals surface area contributed by atoms with Gasteiger partial charge in [0.25, 0.3) is 0 Å². The first-order valence-corrected chi connectivity index (χ1v) is 5.68. The Bertz CT molecular complexity index is 241. The summed E-state index contributed by atoms with van der Waals surface area (Å²) in [6.45, 7) is 0. The molecule has 0 bridgehead atoms. The molecule has 0 saturated heterocycles. The number of hydrogen-bond acceptors (Lipinski definition) is 1. The van der Waals surface area contributed by atoms with E-state index in [0.717, 1.165) is 5.33 Å². The van der Waals surface area contributed by atoms with Crippen molar-refractivity contribution in [2.24, 2.45) is 0 Å². The van der Waals surface area contributed by atoms with Crippen molar-refractivity contribution in [2.45, 2.75) is 12.8 Å². The normalized spacial score (nSPS) is 10.1. The van der Waals surface area contributed by atoms with E-state index in [-0.39, 0.29) is 0 Å². The molecule has 0 amide bonds. The molecular weight excluding hydrogens is 226 g/mol. The minimum atomic E-state index is 1.09. The molecule has 0 aliphatic heterocycles. The van der Waals surface area contributed by atoms with Crippen molar-refractivity contribution < 1.29 is 0 Å². The third-order valence-corrected chi connectivity index (χ3v) is 2.61. The van der Waals surface area contributed by atoms with Crippen LogP contribution in [0, 0.1) is 0 Å². The summed E-state index contributed by atoms with van der Waals surface area (Å²) in [7, 11) is 4.13. The number of anilines is 1. The lowest BCUT2D eigenvalue weighted by atomic mass is 10.1. The summed E-state index contributed by atoms with van der Waals surface area (Å²) in [6, 6.07) is 8.75. The van der Waals surface area contributed by atoms with Gasteiger partial charge in [-0.1, -0.05) is 28.1 Å². The van der Waals surface area contributed by atoms with Crippen molar-refractivity contribution in [2.75, 3.05) is 24.3 Å². The van der Waals surface area contributed by atoms with E-state index in [1.54, 1.807) is 0 Å². The maximum absolute atomic E-state index is 3.44. The molecule has 1 nitrogen and oxygen atoms in total. The van der Waals surface area contributed by atoms with E-state index in [1.807, 2.05) is 0 Å². The van der Waals surface area contributed by atoms with Gasteiger partial charge < -0.3 is 4.90 Å². The van der Waals surface area contributed by atoms with Crippen molar-refractivity contribution in [1.29, 1.82) is 0 Å². The lowest BCUT2D eigenvalue weighted by Crippen LogP contribution is -2.08. The van der Waals surface area contributed by atoms with E-state index in [2.05, 4.69) is 59.2 Å². The van der Waals surface area contributed by atoms with Gasteiger partial charge in [-0.05, 0) is 30.5 Å². The Balaban J connectivity index is 2.59. The quantitative estimate of drug-likeness (QED) is 0.733. The van der Waals surface area contributed by atoms with Gasteiger partial charge in [-0.3, -0.25) is 0 Å². The van der Waals surface area contributed by atoms with E-state index in [1.165, 1.54) is 24.1 Å². The minimum Gasteiger partial charge on any atom is -0.378 e. The Hall–Kier alpha value is -0.500. The molecule has 0 aliphatic rings. The molecule has 0 aliphatic carbocycles. The maximum atomic E-state index is 3.44. The van der Waals surface area contributed by atoms with Crippen LogP contribution in [0.1, 0.15) is 12.0 Å². The molecule has 1 aromatic carbocycles. The highest BCUT2D eigenvalue weighted by Crippen LogP contribution is 2.13. The minimum absolute atomic E-state index is 1.09. The van der Waals surface area contributed by atoms with Gasteiger partial charge in [0.1, 0.15) is 0 Å². The average molecular weight is 242 g/mol. The number of aryl methyl sites for hydroxylation is 1. The second kappa shape index (κ2) is 5.28. The zero-order chi connectivity index (χ0) is 9.68. The Morgan fingerprint density at radius 3 is 2.23 bits per heavy atom. The number of nitrogens with zero attached hydrogens (tertiary/aromatic N) is 1. The fraction of sp³-hybridized carbons (Fsp3) is 0.455. The van der Waals surface area contributed by atoms with Crippen LogP contribution >= 0.6 is 15.9 Å². The van der Waals surface area contributed by atoms with Crippen LogP contribution < -0.4 is 4.90 Å². The van der Waals surface area contributed by atoms with Crippen LogP contribution in [-0.4, -0.2) is 19.4 Å². The fourth-order valence-electron chi connectivity index (χ4n) is 1.23. The molecule has 1 rings (SSSR count). The van der Waals surface area contributed by atoms with Gasteiger partial charge in [0, 0.05) is 25.1 Å². The summed E-state index contributed by atoms with van der Waals surface area (Å²) in [6.07, 6.45) is 2.38. The van der Waals surface area contributed by atoms with Crippen molar-refractivity contribution >= 4 is 21.6 Å². The van der Waals surface area contributed by atoms with Gasteiger partial charge in [-0.15, -0.1) is 0 Å². The van der Waals surface area contributed by atoms with Crippen molar-refractivity contribution in [3.05, 3.63) is 29.8 Å². The molecule has 0 heterocycles. The van der Waals surface area contributed by atoms with Gasteiger partial charge in [0.05, 0.1) is 0 Å². The predicted molar refractivity (Wildman–Crippen MR) is 62.9 cm³/mol. The molecule has 72 valence electrons. The summed E-state index contributed by atoms with van der Waals surface area (Å²) in [5.41, 5.74) is 2.69. The van der Waals surface area contributed by atoms with Crippen LogP contribution in [0.4, 0.5) is 5.69 Å². The molecule has 2 heteroatoms. The van der Waals surface area contributed by atoms with Crippen LogP contribution in [-0.2, 0) is 6.42 Å². The third-order valence-electron chi connectivity index (χ3n) is 2.05. The van der Waals surface area contributed by atoms with Crippen LogP contribution in [0.25, 0.3) is 0 Å². The first kappa shape index (κ1) is 10.6. The highest BCUT2D eigenvalue weighted by molar-refractivity contribution is 9.09. The second-order valence-corrected chi connectivity index (χ2v) is 4.15. The monoisotopic (exact) mass is 241 g/mol.